The lowest BCUT2D eigenvalue weighted by atomic mass is 9.76. The fourth-order valence-electron chi connectivity index (χ4n) is 4.72. The standard InChI is InChI=1S/C28H20F3NO2/c29-27(30,31)19-20-11-10-18-24-25(20)32(26(33)34-24)28(21-12-4-1-5-13-21,22-14-6-2-7-15-22)23-16-8-3-9-17-23/h1-18H,19H2. The van der Waals surface area contributed by atoms with E-state index in [2.05, 4.69) is 0 Å². The van der Waals surface area contributed by atoms with Crippen LogP contribution in [0.5, 0.6) is 0 Å². The molecule has 0 amide bonds. The monoisotopic (exact) mass is 459 g/mol. The van der Waals surface area contributed by atoms with E-state index in [4.69, 9.17) is 4.42 Å². The summed E-state index contributed by atoms with van der Waals surface area (Å²) >= 11 is 0. The van der Waals surface area contributed by atoms with E-state index in [1.54, 1.807) is 0 Å². The molecule has 34 heavy (non-hydrogen) atoms. The Morgan fingerprint density at radius 1 is 0.647 bits per heavy atom. The Balaban J connectivity index is 2.00. The van der Waals surface area contributed by atoms with E-state index in [9.17, 15) is 18.0 Å². The van der Waals surface area contributed by atoms with Crippen molar-refractivity contribution in [3.63, 3.8) is 0 Å². The van der Waals surface area contributed by atoms with Crippen LogP contribution in [-0.4, -0.2) is 10.7 Å². The highest BCUT2D eigenvalue weighted by atomic mass is 19.4. The van der Waals surface area contributed by atoms with Crippen molar-refractivity contribution in [1.82, 2.24) is 4.57 Å². The Morgan fingerprint density at radius 3 is 1.56 bits per heavy atom. The first-order valence-corrected chi connectivity index (χ1v) is 10.8. The molecule has 1 heterocycles. The first kappa shape index (κ1) is 21.8. The minimum atomic E-state index is -4.46. The second-order valence-corrected chi connectivity index (χ2v) is 8.07. The van der Waals surface area contributed by atoms with Crippen LogP contribution in [0.4, 0.5) is 13.2 Å². The second kappa shape index (κ2) is 8.37. The van der Waals surface area contributed by atoms with Crippen LogP contribution in [0.2, 0.25) is 0 Å². The summed E-state index contributed by atoms with van der Waals surface area (Å²) in [6.07, 6.45) is -5.64. The van der Waals surface area contributed by atoms with Crippen molar-refractivity contribution in [2.24, 2.45) is 0 Å². The lowest BCUT2D eigenvalue weighted by molar-refractivity contribution is -0.127. The van der Waals surface area contributed by atoms with Gasteiger partial charge in [0, 0.05) is 0 Å². The van der Waals surface area contributed by atoms with Gasteiger partial charge in [-0.25, -0.2) is 4.79 Å². The number of hydrogen-bond acceptors (Lipinski definition) is 2. The van der Waals surface area contributed by atoms with E-state index in [0.29, 0.717) is 0 Å². The maximum Gasteiger partial charge on any atom is 0.421 e. The van der Waals surface area contributed by atoms with Gasteiger partial charge >= 0.3 is 11.9 Å². The number of alkyl halides is 3. The Bertz CT molecular complexity index is 1370. The van der Waals surface area contributed by atoms with Crippen LogP contribution in [0.1, 0.15) is 22.3 Å². The average molecular weight is 459 g/mol. The third-order valence-electron chi connectivity index (χ3n) is 5.99. The molecule has 0 aliphatic rings. The molecule has 0 N–H and O–H groups in total. The lowest BCUT2D eigenvalue weighted by Gasteiger charge is -2.37. The molecule has 0 atom stereocenters. The Labute approximate surface area is 193 Å². The van der Waals surface area contributed by atoms with E-state index in [-0.39, 0.29) is 16.7 Å². The molecule has 0 aliphatic carbocycles. The number of benzene rings is 4. The van der Waals surface area contributed by atoms with Crippen molar-refractivity contribution >= 4 is 11.1 Å². The fourth-order valence-corrected chi connectivity index (χ4v) is 4.72. The van der Waals surface area contributed by atoms with Crippen molar-refractivity contribution < 1.29 is 17.6 Å². The Hall–Kier alpha value is -4.06. The van der Waals surface area contributed by atoms with E-state index in [1.807, 2.05) is 91.0 Å². The lowest BCUT2D eigenvalue weighted by Crippen LogP contribution is -2.43. The van der Waals surface area contributed by atoms with Crippen molar-refractivity contribution in [1.29, 1.82) is 0 Å². The molecular weight excluding hydrogens is 439 g/mol. The smallest absolute Gasteiger partial charge is 0.408 e. The summed E-state index contributed by atoms with van der Waals surface area (Å²) in [4.78, 5) is 13.5. The number of oxazole rings is 1. The third-order valence-corrected chi connectivity index (χ3v) is 5.99. The predicted octanol–water partition coefficient (Wildman–Crippen LogP) is 6.54. The molecule has 0 bridgehead atoms. The molecule has 3 nitrogen and oxygen atoms in total. The minimum absolute atomic E-state index is 0.0250. The van der Waals surface area contributed by atoms with Gasteiger partial charge in [-0.15, -0.1) is 0 Å². The molecule has 1 aromatic heterocycles. The molecule has 0 fully saturated rings. The summed E-state index contributed by atoms with van der Waals surface area (Å²) in [5.74, 6) is -0.735. The summed E-state index contributed by atoms with van der Waals surface area (Å²) in [5, 5.41) is 0. The first-order chi connectivity index (χ1) is 16.4. The molecule has 0 aliphatic heterocycles. The first-order valence-electron chi connectivity index (χ1n) is 10.8. The fraction of sp³-hybridized carbons (Fsp3) is 0.107. The van der Waals surface area contributed by atoms with Crippen molar-refractivity contribution in [3.8, 4) is 0 Å². The van der Waals surface area contributed by atoms with E-state index >= 15 is 0 Å². The summed E-state index contributed by atoms with van der Waals surface area (Å²) in [6.45, 7) is 0. The Kier molecular flexibility index (Phi) is 5.36. The van der Waals surface area contributed by atoms with Gasteiger partial charge < -0.3 is 4.42 Å². The van der Waals surface area contributed by atoms with Crippen LogP contribution in [-0.2, 0) is 12.0 Å². The molecule has 0 spiro atoms. The highest BCUT2D eigenvalue weighted by Crippen LogP contribution is 2.42. The normalized spacial score (nSPS) is 12.2. The number of nitrogens with zero attached hydrogens (tertiary/aromatic N) is 1. The zero-order valence-electron chi connectivity index (χ0n) is 18.0. The number of hydrogen-bond donors (Lipinski definition) is 0. The average Bonchev–Trinajstić information content (AvgIpc) is 3.18. The van der Waals surface area contributed by atoms with Gasteiger partial charge in [0.2, 0.25) is 0 Å². The largest absolute Gasteiger partial charge is 0.421 e. The summed E-state index contributed by atoms with van der Waals surface area (Å²) in [6, 6.07) is 32.3. The molecule has 0 saturated heterocycles. The minimum Gasteiger partial charge on any atom is -0.408 e. The van der Waals surface area contributed by atoms with E-state index in [0.717, 1.165) is 16.7 Å². The highest BCUT2D eigenvalue weighted by Gasteiger charge is 2.42. The van der Waals surface area contributed by atoms with Crippen LogP contribution in [0.3, 0.4) is 0 Å². The number of aromatic nitrogens is 1. The van der Waals surface area contributed by atoms with Crippen molar-refractivity contribution in [2.75, 3.05) is 0 Å². The third kappa shape index (κ3) is 3.61. The SMILES string of the molecule is O=c1oc2cccc(CC(F)(F)F)c2n1C(c1ccccc1)(c1ccccc1)c1ccccc1. The molecule has 6 heteroatoms. The summed E-state index contributed by atoms with van der Waals surface area (Å²) in [7, 11) is 0. The van der Waals surface area contributed by atoms with Crippen LogP contribution in [0.15, 0.2) is 118 Å². The second-order valence-electron chi connectivity index (χ2n) is 8.07. The molecule has 0 unspecified atom stereocenters. The van der Waals surface area contributed by atoms with Gasteiger partial charge in [-0.05, 0) is 28.3 Å². The zero-order chi connectivity index (χ0) is 23.8. The van der Waals surface area contributed by atoms with Gasteiger partial charge in [-0.2, -0.15) is 13.2 Å². The molecular formula is C28H20F3NO2. The van der Waals surface area contributed by atoms with Gasteiger partial charge in [0.15, 0.2) is 5.58 Å². The number of rotatable bonds is 5. The quantitative estimate of drug-likeness (QED) is 0.280. The van der Waals surface area contributed by atoms with Crippen molar-refractivity contribution in [2.45, 2.75) is 18.1 Å². The maximum absolute atomic E-state index is 13.6. The summed E-state index contributed by atoms with van der Waals surface area (Å²) in [5.41, 5.74) is 1.11. The van der Waals surface area contributed by atoms with Gasteiger partial charge in [-0.1, -0.05) is 103 Å². The number of fused-ring (bicyclic) bond motifs is 1. The van der Waals surface area contributed by atoms with E-state index in [1.165, 1.54) is 22.8 Å². The van der Waals surface area contributed by atoms with E-state index < -0.39 is 23.9 Å². The number of para-hydroxylation sites is 1. The number of halogens is 3. The van der Waals surface area contributed by atoms with Gasteiger partial charge in [-0.3, -0.25) is 4.57 Å². The van der Waals surface area contributed by atoms with Crippen molar-refractivity contribution in [3.05, 3.63) is 142 Å². The highest BCUT2D eigenvalue weighted by molar-refractivity contribution is 5.79. The summed E-state index contributed by atoms with van der Waals surface area (Å²) < 4.78 is 47.6. The molecule has 0 radical (unpaired) electrons. The predicted molar refractivity (Wildman–Crippen MR) is 125 cm³/mol. The maximum atomic E-state index is 13.6. The Morgan fingerprint density at radius 2 is 1.12 bits per heavy atom. The van der Waals surface area contributed by atoms with Gasteiger partial charge in [0.05, 0.1) is 11.9 Å². The van der Waals surface area contributed by atoms with Crippen LogP contribution >= 0.6 is 0 Å². The molecule has 5 rings (SSSR count). The van der Waals surface area contributed by atoms with Crippen LogP contribution in [0.25, 0.3) is 11.1 Å². The topological polar surface area (TPSA) is 35.1 Å². The molecule has 0 saturated carbocycles. The molecule has 5 aromatic rings. The zero-order valence-corrected chi connectivity index (χ0v) is 18.0. The van der Waals surface area contributed by atoms with Gasteiger partial charge in [0.25, 0.3) is 0 Å². The molecule has 4 aromatic carbocycles. The van der Waals surface area contributed by atoms with Gasteiger partial charge in [0.1, 0.15) is 5.54 Å². The van der Waals surface area contributed by atoms with Crippen LogP contribution in [0, 0.1) is 0 Å². The van der Waals surface area contributed by atoms with Crippen LogP contribution < -0.4 is 5.76 Å². The molecule has 170 valence electrons.